The lowest BCUT2D eigenvalue weighted by Gasteiger charge is -2.06. The smallest absolute Gasteiger partial charge is 0.354 e. The minimum atomic E-state index is -3.81. The van der Waals surface area contributed by atoms with Gasteiger partial charge in [0.1, 0.15) is 5.69 Å². The van der Waals surface area contributed by atoms with Gasteiger partial charge in [0.25, 0.3) is 0 Å². The number of aromatic nitrogens is 2. The van der Waals surface area contributed by atoms with Crippen molar-refractivity contribution in [3.05, 3.63) is 60.3 Å². The molecule has 26 heavy (non-hydrogen) atoms. The Morgan fingerprint density at radius 1 is 1.04 bits per heavy atom. The van der Waals surface area contributed by atoms with Gasteiger partial charge in [-0.2, -0.15) is 0 Å². The van der Waals surface area contributed by atoms with E-state index in [2.05, 4.69) is 9.97 Å². The van der Waals surface area contributed by atoms with Crippen LogP contribution in [0, 0.1) is 0 Å². The molecule has 0 unspecified atom stereocenters. The molecule has 0 atom stereocenters. The fourth-order valence-corrected chi connectivity index (χ4v) is 3.48. The maximum Gasteiger partial charge on any atom is 0.354 e. The van der Waals surface area contributed by atoms with Gasteiger partial charge in [-0.1, -0.05) is 30.3 Å². The number of carboxylic acid groups (broad SMARTS) is 1. The summed E-state index contributed by atoms with van der Waals surface area (Å²) in [5, 5.41) is 16.1. The van der Waals surface area contributed by atoms with Crippen LogP contribution < -0.4 is 5.14 Å². The first kappa shape index (κ1) is 16.2. The molecule has 8 heteroatoms. The summed E-state index contributed by atoms with van der Waals surface area (Å²) in [6.07, 6.45) is 0. The highest BCUT2D eigenvalue weighted by Crippen LogP contribution is 2.33. The van der Waals surface area contributed by atoms with E-state index < -0.39 is 16.0 Å². The van der Waals surface area contributed by atoms with E-state index in [4.69, 9.17) is 5.14 Å². The van der Waals surface area contributed by atoms with E-state index >= 15 is 0 Å². The van der Waals surface area contributed by atoms with Crippen LogP contribution in [0.25, 0.3) is 33.1 Å². The van der Waals surface area contributed by atoms with Crippen molar-refractivity contribution in [3.8, 4) is 11.3 Å². The molecule has 4 N–H and O–H groups in total. The molecule has 0 saturated heterocycles. The molecule has 0 aliphatic carbocycles. The van der Waals surface area contributed by atoms with Crippen LogP contribution >= 0.6 is 0 Å². The van der Waals surface area contributed by atoms with Gasteiger partial charge in [0.05, 0.1) is 16.1 Å². The summed E-state index contributed by atoms with van der Waals surface area (Å²) < 4.78 is 22.9. The average Bonchev–Trinajstić information content (AvgIpc) is 2.99. The quantitative estimate of drug-likeness (QED) is 0.513. The van der Waals surface area contributed by atoms with Gasteiger partial charge in [-0.05, 0) is 24.3 Å². The highest BCUT2D eigenvalue weighted by Gasteiger charge is 2.17. The van der Waals surface area contributed by atoms with Crippen LogP contribution in [0.3, 0.4) is 0 Å². The molecule has 2 aromatic heterocycles. The van der Waals surface area contributed by atoms with Crippen molar-refractivity contribution in [2.24, 2.45) is 5.14 Å². The van der Waals surface area contributed by atoms with Crippen LogP contribution in [-0.2, 0) is 10.0 Å². The van der Waals surface area contributed by atoms with Gasteiger partial charge in [-0.25, -0.2) is 23.3 Å². The van der Waals surface area contributed by atoms with Crippen molar-refractivity contribution in [2.45, 2.75) is 4.90 Å². The summed E-state index contributed by atoms with van der Waals surface area (Å²) in [4.78, 5) is 19.0. The lowest BCUT2D eigenvalue weighted by molar-refractivity contribution is 0.0691. The van der Waals surface area contributed by atoms with Crippen LogP contribution in [0.1, 0.15) is 10.5 Å². The zero-order valence-corrected chi connectivity index (χ0v) is 14.1. The van der Waals surface area contributed by atoms with Gasteiger partial charge in [0.2, 0.25) is 10.0 Å². The molecule has 7 nitrogen and oxygen atoms in total. The van der Waals surface area contributed by atoms with Crippen molar-refractivity contribution < 1.29 is 18.3 Å². The van der Waals surface area contributed by atoms with E-state index in [0.29, 0.717) is 16.8 Å². The van der Waals surface area contributed by atoms with Crippen LogP contribution in [-0.4, -0.2) is 29.5 Å². The number of fused-ring (bicyclic) bond motifs is 3. The van der Waals surface area contributed by atoms with Gasteiger partial charge in [-0.15, -0.1) is 0 Å². The Kier molecular flexibility index (Phi) is 3.53. The number of hydrogen-bond acceptors (Lipinski definition) is 4. The molecule has 0 radical (unpaired) electrons. The number of H-pyrrole nitrogens is 1. The minimum Gasteiger partial charge on any atom is -0.477 e. The van der Waals surface area contributed by atoms with E-state index in [1.807, 2.05) is 24.3 Å². The van der Waals surface area contributed by atoms with Crippen LogP contribution in [0.15, 0.2) is 59.5 Å². The number of aromatic amines is 1. The van der Waals surface area contributed by atoms with E-state index in [0.717, 1.165) is 16.3 Å². The molecule has 4 aromatic rings. The topological polar surface area (TPSA) is 126 Å². The van der Waals surface area contributed by atoms with Gasteiger partial charge < -0.3 is 10.1 Å². The van der Waals surface area contributed by atoms with Crippen LogP contribution in [0.2, 0.25) is 0 Å². The Bertz CT molecular complexity index is 1280. The van der Waals surface area contributed by atoms with Crippen molar-refractivity contribution in [3.63, 3.8) is 0 Å². The molecule has 4 rings (SSSR count). The van der Waals surface area contributed by atoms with E-state index in [1.165, 1.54) is 18.2 Å². The molecule has 0 aliphatic rings. The standard InChI is InChI=1S/C18H13N3O4S/c19-26(24,25)11-7-5-10(6-8-11)16-17-13(9-15(21-16)18(22)23)12-3-1-2-4-14(12)20-17/h1-9,20H,(H,22,23)(H2,19,24,25). The predicted octanol–water partition coefficient (Wildman–Crippen LogP) is 2.73. The van der Waals surface area contributed by atoms with Gasteiger partial charge in [-0.3, -0.25) is 0 Å². The second-order valence-corrected chi connectivity index (χ2v) is 7.39. The largest absolute Gasteiger partial charge is 0.477 e. The van der Waals surface area contributed by atoms with Crippen molar-refractivity contribution in [2.75, 3.05) is 0 Å². The second-order valence-electron chi connectivity index (χ2n) is 5.82. The maximum absolute atomic E-state index is 11.5. The fourth-order valence-electron chi connectivity index (χ4n) is 2.97. The third kappa shape index (κ3) is 2.61. The van der Waals surface area contributed by atoms with E-state index in [-0.39, 0.29) is 10.6 Å². The Labute approximate surface area is 148 Å². The van der Waals surface area contributed by atoms with Gasteiger partial charge in [0.15, 0.2) is 0 Å². The number of sulfonamides is 1. The highest BCUT2D eigenvalue weighted by atomic mass is 32.2. The second kappa shape index (κ2) is 5.65. The van der Waals surface area contributed by atoms with E-state index in [1.54, 1.807) is 12.1 Å². The zero-order valence-electron chi connectivity index (χ0n) is 13.3. The first-order valence-corrected chi connectivity index (χ1v) is 9.17. The molecule has 2 heterocycles. The number of nitrogens with zero attached hydrogens (tertiary/aromatic N) is 1. The number of benzene rings is 2. The Morgan fingerprint density at radius 2 is 1.73 bits per heavy atom. The number of rotatable bonds is 3. The molecule has 130 valence electrons. The van der Waals surface area contributed by atoms with Crippen molar-refractivity contribution in [1.29, 1.82) is 0 Å². The Hall–Kier alpha value is -3.23. The maximum atomic E-state index is 11.5. The number of aromatic carboxylic acids is 1. The summed E-state index contributed by atoms with van der Waals surface area (Å²) in [7, 11) is -3.81. The van der Waals surface area contributed by atoms with E-state index in [9.17, 15) is 18.3 Å². The number of para-hydroxylation sites is 1. The minimum absolute atomic E-state index is 0.0245. The summed E-state index contributed by atoms with van der Waals surface area (Å²) in [6.45, 7) is 0. The number of nitrogens with one attached hydrogen (secondary N) is 1. The monoisotopic (exact) mass is 367 g/mol. The third-order valence-corrected chi connectivity index (χ3v) is 5.10. The first-order valence-electron chi connectivity index (χ1n) is 7.62. The summed E-state index contributed by atoms with van der Waals surface area (Å²) in [6, 6.07) is 14.9. The number of hydrogen-bond donors (Lipinski definition) is 3. The number of nitrogens with two attached hydrogens (primary N) is 1. The lowest BCUT2D eigenvalue weighted by Crippen LogP contribution is -2.11. The molecular weight excluding hydrogens is 354 g/mol. The predicted molar refractivity (Wildman–Crippen MR) is 97.4 cm³/mol. The third-order valence-electron chi connectivity index (χ3n) is 4.17. The molecular formula is C18H13N3O4S. The summed E-state index contributed by atoms with van der Waals surface area (Å²) >= 11 is 0. The zero-order chi connectivity index (χ0) is 18.5. The Morgan fingerprint density at radius 3 is 2.38 bits per heavy atom. The fraction of sp³-hybridized carbons (Fsp3) is 0. The number of pyridine rings is 1. The normalized spacial score (nSPS) is 11.9. The van der Waals surface area contributed by atoms with Crippen molar-refractivity contribution in [1.82, 2.24) is 9.97 Å². The lowest BCUT2D eigenvalue weighted by atomic mass is 10.1. The van der Waals surface area contributed by atoms with Gasteiger partial charge in [0, 0.05) is 21.9 Å². The van der Waals surface area contributed by atoms with Crippen LogP contribution in [0.5, 0.6) is 0 Å². The molecule has 2 aromatic carbocycles. The summed E-state index contributed by atoms with van der Waals surface area (Å²) in [5.74, 6) is -1.14. The average molecular weight is 367 g/mol. The number of primary sulfonamides is 1. The SMILES string of the molecule is NS(=O)(=O)c1ccc(-c2nc(C(=O)O)cc3c2[nH]c2ccccc23)cc1. The molecule has 0 saturated carbocycles. The molecule has 0 aliphatic heterocycles. The first-order chi connectivity index (χ1) is 12.3. The molecule has 0 bridgehead atoms. The molecule has 0 amide bonds. The Balaban J connectivity index is 2.03. The van der Waals surface area contributed by atoms with Gasteiger partial charge >= 0.3 is 5.97 Å². The van der Waals surface area contributed by atoms with Crippen LogP contribution in [0.4, 0.5) is 0 Å². The molecule has 0 spiro atoms. The summed E-state index contributed by atoms with van der Waals surface area (Å²) in [5.41, 5.74) is 2.45. The number of carboxylic acids is 1. The molecule has 0 fully saturated rings. The number of carbonyl (C=O) groups is 1. The highest BCUT2D eigenvalue weighted by molar-refractivity contribution is 7.89. The van der Waals surface area contributed by atoms with Crippen molar-refractivity contribution >= 4 is 37.8 Å².